The number of hydrogen-bond acceptors (Lipinski definition) is 3. The van der Waals surface area contributed by atoms with Crippen molar-refractivity contribution in [3.8, 4) is 0 Å². The molecule has 0 aromatic heterocycles. The van der Waals surface area contributed by atoms with Gasteiger partial charge in [0.05, 0.1) is 5.02 Å². The number of urea groups is 1. The topological polar surface area (TPSA) is 65.5 Å². The van der Waals surface area contributed by atoms with Gasteiger partial charge in [0.2, 0.25) is 5.96 Å². The van der Waals surface area contributed by atoms with Crippen LogP contribution in [-0.4, -0.2) is 23.5 Å². The Labute approximate surface area is 125 Å². The van der Waals surface area contributed by atoms with E-state index in [1.807, 2.05) is 6.92 Å². The second kappa shape index (κ2) is 6.28. The van der Waals surface area contributed by atoms with Gasteiger partial charge >= 0.3 is 6.03 Å². The molecule has 0 spiro atoms. The van der Waals surface area contributed by atoms with Crippen LogP contribution in [0.2, 0.25) is 5.02 Å². The van der Waals surface area contributed by atoms with Crippen LogP contribution in [0, 0.1) is 5.82 Å². The van der Waals surface area contributed by atoms with E-state index in [4.69, 9.17) is 23.2 Å². The first-order valence-electron chi connectivity index (χ1n) is 5.95. The zero-order valence-corrected chi connectivity index (χ0v) is 12.1. The first-order chi connectivity index (χ1) is 9.44. The number of guanidine groups is 1. The SMILES string of the molecule is CC1CC(Cl)N=C(NC(=O)Nc2ccc(F)c(Cl)c2)N1. The van der Waals surface area contributed by atoms with E-state index in [0.29, 0.717) is 18.1 Å². The maximum absolute atomic E-state index is 13.0. The van der Waals surface area contributed by atoms with E-state index in [2.05, 4.69) is 20.9 Å². The number of carbonyl (C=O) groups is 1. The van der Waals surface area contributed by atoms with Gasteiger partial charge in [-0.1, -0.05) is 23.2 Å². The fourth-order valence-corrected chi connectivity index (χ4v) is 2.27. The van der Waals surface area contributed by atoms with Gasteiger partial charge in [-0.05, 0) is 25.1 Å². The number of anilines is 1. The number of amides is 2. The summed E-state index contributed by atoms with van der Waals surface area (Å²) in [5.74, 6) is -0.246. The van der Waals surface area contributed by atoms with E-state index in [9.17, 15) is 9.18 Å². The van der Waals surface area contributed by atoms with Crippen LogP contribution < -0.4 is 16.0 Å². The molecule has 2 amide bonds. The molecule has 20 heavy (non-hydrogen) atoms. The average Bonchev–Trinajstić information content (AvgIpc) is 2.32. The number of halogens is 3. The molecule has 2 atom stereocenters. The summed E-state index contributed by atoms with van der Waals surface area (Å²) in [4.78, 5) is 15.8. The summed E-state index contributed by atoms with van der Waals surface area (Å²) in [6.45, 7) is 1.93. The third-order valence-corrected chi connectivity index (χ3v) is 3.18. The van der Waals surface area contributed by atoms with Gasteiger partial charge in [0.1, 0.15) is 11.3 Å². The summed E-state index contributed by atoms with van der Waals surface area (Å²) in [6.07, 6.45) is 0.682. The normalized spacial score (nSPS) is 21.7. The second-order valence-corrected chi connectivity index (χ2v) is 5.31. The molecule has 8 heteroatoms. The summed E-state index contributed by atoms with van der Waals surface area (Å²) in [5.41, 5.74) is 0.00240. The number of nitrogens with zero attached hydrogens (tertiary/aromatic N) is 1. The summed E-state index contributed by atoms with van der Waals surface area (Å²) in [7, 11) is 0. The van der Waals surface area contributed by atoms with Crippen molar-refractivity contribution in [1.29, 1.82) is 0 Å². The zero-order chi connectivity index (χ0) is 14.7. The summed E-state index contributed by atoms with van der Waals surface area (Å²) >= 11 is 11.6. The molecule has 1 aromatic carbocycles. The van der Waals surface area contributed by atoms with Crippen molar-refractivity contribution < 1.29 is 9.18 Å². The zero-order valence-electron chi connectivity index (χ0n) is 10.6. The molecular weight excluding hydrogens is 306 g/mol. The molecule has 1 aromatic rings. The highest BCUT2D eigenvalue weighted by molar-refractivity contribution is 6.31. The minimum Gasteiger partial charge on any atom is -0.353 e. The van der Waals surface area contributed by atoms with Gasteiger partial charge in [0.25, 0.3) is 0 Å². The average molecular weight is 319 g/mol. The van der Waals surface area contributed by atoms with E-state index >= 15 is 0 Å². The molecule has 0 saturated heterocycles. The number of carbonyl (C=O) groups excluding carboxylic acids is 1. The lowest BCUT2D eigenvalue weighted by Gasteiger charge is -2.24. The van der Waals surface area contributed by atoms with E-state index in [-0.39, 0.29) is 16.6 Å². The Kier molecular flexibility index (Phi) is 4.67. The van der Waals surface area contributed by atoms with Crippen molar-refractivity contribution >= 4 is 40.9 Å². The minimum atomic E-state index is -0.547. The Balaban J connectivity index is 1.97. The van der Waals surface area contributed by atoms with Crippen molar-refractivity contribution in [2.75, 3.05) is 5.32 Å². The van der Waals surface area contributed by atoms with Gasteiger partial charge in [-0.15, -0.1) is 0 Å². The first kappa shape index (κ1) is 14.9. The maximum atomic E-state index is 13.0. The van der Waals surface area contributed by atoms with Crippen LogP contribution in [0.1, 0.15) is 13.3 Å². The number of alkyl halides is 1. The molecule has 1 aliphatic rings. The third kappa shape index (κ3) is 3.98. The lowest BCUT2D eigenvalue weighted by molar-refractivity contribution is 0.255. The quantitative estimate of drug-likeness (QED) is 0.550. The van der Waals surface area contributed by atoms with E-state index in [1.165, 1.54) is 18.2 Å². The predicted molar refractivity (Wildman–Crippen MR) is 77.9 cm³/mol. The predicted octanol–water partition coefficient (Wildman–Crippen LogP) is 2.90. The minimum absolute atomic E-state index is 0.0645. The largest absolute Gasteiger partial charge is 0.353 e. The van der Waals surface area contributed by atoms with Crippen LogP contribution in [0.5, 0.6) is 0 Å². The van der Waals surface area contributed by atoms with Crippen molar-refractivity contribution in [1.82, 2.24) is 10.6 Å². The maximum Gasteiger partial charge on any atom is 0.325 e. The first-order valence-corrected chi connectivity index (χ1v) is 6.77. The van der Waals surface area contributed by atoms with Crippen LogP contribution in [0.25, 0.3) is 0 Å². The molecular formula is C12H13Cl2FN4O. The summed E-state index contributed by atoms with van der Waals surface area (Å²) in [6, 6.07) is 3.50. The Hall–Kier alpha value is -1.53. The molecule has 2 unspecified atom stereocenters. The van der Waals surface area contributed by atoms with E-state index in [0.717, 1.165) is 0 Å². The van der Waals surface area contributed by atoms with Gasteiger partial charge in [-0.25, -0.2) is 14.2 Å². The number of rotatable bonds is 1. The van der Waals surface area contributed by atoms with E-state index < -0.39 is 11.8 Å². The Morgan fingerprint density at radius 3 is 2.90 bits per heavy atom. The number of hydrogen-bond donors (Lipinski definition) is 3. The molecule has 0 bridgehead atoms. The van der Waals surface area contributed by atoms with Crippen molar-refractivity contribution in [3.63, 3.8) is 0 Å². The Morgan fingerprint density at radius 1 is 1.50 bits per heavy atom. The fourth-order valence-electron chi connectivity index (χ4n) is 1.73. The lowest BCUT2D eigenvalue weighted by atomic mass is 10.2. The molecule has 0 aliphatic carbocycles. The molecule has 1 heterocycles. The van der Waals surface area contributed by atoms with Crippen molar-refractivity contribution in [3.05, 3.63) is 29.0 Å². The Morgan fingerprint density at radius 2 is 2.25 bits per heavy atom. The molecule has 108 valence electrons. The standard InChI is InChI=1S/C12H13Cl2FN4O/c1-6-4-10(14)18-11(16-6)19-12(20)17-7-2-3-9(15)8(13)5-7/h2-3,5-6,10H,4H2,1H3,(H3,16,17,18,19,20). The monoisotopic (exact) mass is 318 g/mol. The Bertz CT molecular complexity index is 552. The molecule has 3 N–H and O–H groups in total. The van der Waals surface area contributed by atoms with Crippen LogP contribution in [0.15, 0.2) is 23.2 Å². The van der Waals surface area contributed by atoms with Gasteiger partial charge in [0, 0.05) is 18.2 Å². The number of aliphatic imine (C=N–C) groups is 1. The summed E-state index contributed by atoms with van der Waals surface area (Å²) in [5, 5.41) is 7.98. The highest BCUT2D eigenvalue weighted by atomic mass is 35.5. The van der Waals surface area contributed by atoms with Crippen LogP contribution >= 0.6 is 23.2 Å². The highest BCUT2D eigenvalue weighted by Crippen LogP contribution is 2.19. The fraction of sp³-hybridized carbons (Fsp3) is 0.333. The van der Waals surface area contributed by atoms with Crippen LogP contribution in [0.4, 0.5) is 14.9 Å². The molecule has 2 rings (SSSR count). The number of benzene rings is 1. The van der Waals surface area contributed by atoms with Crippen molar-refractivity contribution in [2.45, 2.75) is 24.9 Å². The molecule has 1 aliphatic heterocycles. The van der Waals surface area contributed by atoms with Gasteiger partial charge < -0.3 is 10.6 Å². The smallest absolute Gasteiger partial charge is 0.325 e. The van der Waals surface area contributed by atoms with Crippen molar-refractivity contribution in [2.24, 2.45) is 4.99 Å². The second-order valence-electron chi connectivity index (χ2n) is 4.40. The van der Waals surface area contributed by atoms with Crippen LogP contribution in [-0.2, 0) is 0 Å². The molecule has 0 fully saturated rings. The molecule has 0 radical (unpaired) electrons. The molecule has 0 saturated carbocycles. The van der Waals surface area contributed by atoms with Crippen LogP contribution in [0.3, 0.4) is 0 Å². The third-order valence-electron chi connectivity index (χ3n) is 2.61. The summed E-state index contributed by atoms with van der Waals surface area (Å²) < 4.78 is 13.0. The highest BCUT2D eigenvalue weighted by Gasteiger charge is 2.19. The van der Waals surface area contributed by atoms with Gasteiger partial charge in [-0.3, -0.25) is 5.32 Å². The number of nitrogens with one attached hydrogen (secondary N) is 3. The van der Waals surface area contributed by atoms with E-state index in [1.54, 1.807) is 0 Å². The van der Waals surface area contributed by atoms with Gasteiger partial charge in [-0.2, -0.15) is 0 Å². The van der Waals surface area contributed by atoms with Gasteiger partial charge in [0.15, 0.2) is 0 Å². The lowest BCUT2D eigenvalue weighted by Crippen LogP contribution is -2.49. The molecule has 5 nitrogen and oxygen atoms in total.